The highest BCUT2D eigenvalue weighted by Crippen LogP contribution is 2.02. The molecule has 6 heteroatoms. The van der Waals surface area contributed by atoms with Gasteiger partial charge >= 0.3 is 0 Å². The van der Waals surface area contributed by atoms with Crippen LogP contribution in [0.2, 0.25) is 0 Å². The number of aryl methyl sites for hydroxylation is 1. The van der Waals surface area contributed by atoms with E-state index in [0.29, 0.717) is 17.8 Å². The van der Waals surface area contributed by atoms with Crippen LogP contribution in [0.1, 0.15) is 18.9 Å². The third-order valence-corrected chi connectivity index (χ3v) is 4.06. The Morgan fingerprint density at radius 3 is 2.56 bits per heavy atom. The smallest absolute Gasteiger partial charge is 0.212 e. The van der Waals surface area contributed by atoms with Gasteiger partial charge < -0.3 is 5.73 Å². The average Bonchev–Trinajstić information content (AvgIpc) is 2.26. The first-order chi connectivity index (χ1) is 8.39. The number of hydrogen-bond acceptors (Lipinski definition) is 3. The number of hydrogen-bond donors (Lipinski definition) is 2. The number of benzene rings is 1. The Morgan fingerprint density at radius 1 is 1.39 bits per heavy atom. The van der Waals surface area contributed by atoms with E-state index in [1.54, 1.807) is 6.92 Å². The molecule has 0 aromatic heterocycles. The SMILES string of the molecule is CC(CC(N)=S)NS(=O)(=O)CCc1ccccc1. The summed E-state index contributed by atoms with van der Waals surface area (Å²) >= 11 is 4.75. The molecule has 0 amide bonds. The van der Waals surface area contributed by atoms with Crippen LogP contribution in [0.5, 0.6) is 0 Å². The summed E-state index contributed by atoms with van der Waals surface area (Å²) in [5.41, 5.74) is 6.38. The van der Waals surface area contributed by atoms with E-state index < -0.39 is 10.0 Å². The zero-order chi connectivity index (χ0) is 13.6. The quantitative estimate of drug-likeness (QED) is 0.739. The van der Waals surface area contributed by atoms with Crippen molar-refractivity contribution in [2.45, 2.75) is 25.8 Å². The first kappa shape index (κ1) is 15.1. The van der Waals surface area contributed by atoms with Gasteiger partial charge in [-0.2, -0.15) is 0 Å². The van der Waals surface area contributed by atoms with Crippen LogP contribution in [0.3, 0.4) is 0 Å². The van der Waals surface area contributed by atoms with Crippen molar-refractivity contribution in [2.24, 2.45) is 5.73 Å². The molecule has 1 atom stereocenters. The van der Waals surface area contributed by atoms with Gasteiger partial charge in [0.1, 0.15) is 0 Å². The van der Waals surface area contributed by atoms with E-state index in [2.05, 4.69) is 4.72 Å². The van der Waals surface area contributed by atoms with Gasteiger partial charge in [0.15, 0.2) is 0 Å². The number of sulfonamides is 1. The van der Waals surface area contributed by atoms with E-state index >= 15 is 0 Å². The summed E-state index contributed by atoms with van der Waals surface area (Å²) in [7, 11) is -3.29. The number of rotatable bonds is 7. The Labute approximate surface area is 114 Å². The van der Waals surface area contributed by atoms with Crippen LogP contribution < -0.4 is 10.5 Å². The standard InChI is InChI=1S/C12H18N2O2S2/c1-10(9-12(13)17)14-18(15,16)8-7-11-5-3-2-4-6-11/h2-6,10,14H,7-9H2,1H3,(H2,13,17). The van der Waals surface area contributed by atoms with E-state index in [9.17, 15) is 8.42 Å². The van der Waals surface area contributed by atoms with Crippen molar-refractivity contribution in [2.75, 3.05) is 5.75 Å². The fourth-order valence-electron chi connectivity index (χ4n) is 1.61. The monoisotopic (exact) mass is 286 g/mol. The van der Waals surface area contributed by atoms with Crippen molar-refractivity contribution < 1.29 is 8.42 Å². The molecule has 0 radical (unpaired) electrons. The third-order valence-electron chi connectivity index (χ3n) is 2.39. The second-order valence-corrected chi connectivity index (χ2v) is 6.64. The summed E-state index contributed by atoms with van der Waals surface area (Å²) in [6.45, 7) is 1.75. The van der Waals surface area contributed by atoms with Crippen LogP contribution in [-0.4, -0.2) is 25.2 Å². The van der Waals surface area contributed by atoms with E-state index in [-0.39, 0.29) is 11.8 Å². The Kier molecular flexibility index (Phi) is 5.71. The maximum absolute atomic E-state index is 11.8. The molecular formula is C12H18N2O2S2. The molecule has 1 unspecified atom stereocenters. The zero-order valence-corrected chi connectivity index (χ0v) is 11.9. The molecule has 0 aliphatic rings. The normalized spacial score (nSPS) is 13.2. The third kappa shape index (κ3) is 6.09. The molecule has 100 valence electrons. The van der Waals surface area contributed by atoms with Crippen LogP contribution in [0, 0.1) is 0 Å². The highest BCUT2D eigenvalue weighted by atomic mass is 32.2. The van der Waals surface area contributed by atoms with Crippen LogP contribution in [0.25, 0.3) is 0 Å². The van der Waals surface area contributed by atoms with E-state index in [1.807, 2.05) is 30.3 Å². The highest BCUT2D eigenvalue weighted by Gasteiger charge is 2.14. The first-order valence-electron chi connectivity index (χ1n) is 5.71. The number of nitrogens with one attached hydrogen (secondary N) is 1. The van der Waals surface area contributed by atoms with Gasteiger partial charge in [0.25, 0.3) is 0 Å². The Morgan fingerprint density at radius 2 is 2.00 bits per heavy atom. The van der Waals surface area contributed by atoms with Gasteiger partial charge in [0.05, 0.1) is 10.7 Å². The lowest BCUT2D eigenvalue weighted by Gasteiger charge is -2.13. The summed E-state index contributed by atoms with van der Waals surface area (Å²) in [6.07, 6.45) is 0.871. The molecule has 0 saturated carbocycles. The topological polar surface area (TPSA) is 72.2 Å². The maximum Gasteiger partial charge on any atom is 0.212 e. The number of nitrogens with two attached hydrogens (primary N) is 1. The summed E-state index contributed by atoms with van der Waals surface area (Å²) in [5, 5.41) is 0. The minimum atomic E-state index is -3.29. The van der Waals surface area contributed by atoms with Crippen molar-refractivity contribution in [1.82, 2.24) is 4.72 Å². The van der Waals surface area contributed by atoms with Gasteiger partial charge in [-0.15, -0.1) is 0 Å². The lowest BCUT2D eigenvalue weighted by molar-refractivity contribution is 0.564. The second kappa shape index (κ2) is 6.82. The van der Waals surface area contributed by atoms with Crippen molar-refractivity contribution in [1.29, 1.82) is 0 Å². The zero-order valence-electron chi connectivity index (χ0n) is 10.3. The molecule has 0 aliphatic carbocycles. The van der Waals surface area contributed by atoms with Crippen LogP contribution in [-0.2, 0) is 16.4 Å². The molecule has 0 spiro atoms. The van der Waals surface area contributed by atoms with Crippen molar-refractivity contribution >= 4 is 27.2 Å². The molecule has 0 saturated heterocycles. The summed E-state index contributed by atoms with van der Waals surface area (Å²) in [6, 6.07) is 9.25. The van der Waals surface area contributed by atoms with Crippen LogP contribution in [0.15, 0.2) is 30.3 Å². The van der Waals surface area contributed by atoms with Crippen LogP contribution >= 0.6 is 12.2 Å². The predicted octanol–water partition coefficient (Wildman–Crippen LogP) is 1.21. The summed E-state index contributed by atoms with van der Waals surface area (Å²) in [5.74, 6) is 0.0681. The Bertz CT molecular complexity index is 486. The minimum absolute atomic E-state index is 0.0681. The van der Waals surface area contributed by atoms with Crippen LogP contribution in [0.4, 0.5) is 0 Å². The molecule has 1 aromatic rings. The molecule has 4 nitrogen and oxygen atoms in total. The average molecular weight is 286 g/mol. The van der Waals surface area contributed by atoms with Gasteiger partial charge in [0.2, 0.25) is 10.0 Å². The van der Waals surface area contributed by atoms with Gasteiger partial charge in [-0.25, -0.2) is 13.1 Å². The minimum Gasteiger partial charge on any atom is -0.393 e. The molecule has 0 fully saturated rings. The summed E-state index contributed by atoms with van der Waals surface area (Å²) < 4.78 is 26.2. The number of thiocarbonyl (C=S) groups is 1. The van der Waals surface area contributed by atoms with Crippen molar-refractivity contribution in [3.05, 3.63) is 35.9 Å². The molecule has 18 heavy (non-hydrogen) atoms. The molecule has 0 heterocycles. The first-order valence-corrected chi connectivity index (χ1v) is 7.77. The van der Waals surface area contributed by atoms with E-state index in [4.69, 9.17) is 18.0 Å². The second-order valence-electron chi connectivity index (χ2n) is 4.24. The fraction of sp³-hybridized carbons (Fsp3) is 0.417. The summed E-state index contributed by atoms with van der Waals surface area (Å²) in [4.78, 5) is 0.313. The highest BCUT2D eigenvalue weighted by molar-refractivity contribution is 7.89. The van der Waals surface area contributed by atoms with E-state index in [0.717, 1.165) is 5.56 Å². The predicted molar refractivity (Wildman–Crippen MR) is 77.9 cm³/mol. The van der Waals surface area contributed by atoms with Gasteiger partial charge in [0, 0.05) is 12.5 Å². The lowest BCUT2D eigenvalue weighted by Crippen LogP contribution is -2.37. The molecule has 3 N–H and O–H groups in total. The largest absolute Gasteiger partial charge is 0.393 e. The van der Waals surface area contributed by atoms with Gasteiger partial charge in [-0.1, -0.05) is 42.5 Å². The van der Waals surface area contributed by atoms with E-state index in [1.165, 1.54) is 0 Å². The maximum atomic E-state index is 11.8. The molecule has 1 rings (SSSR count). The molecule has 0 aliphatic heterocycles. The Hall–Kier alpha value is -0.980. The van der Waals surface area contributed by atoms with Gasteiger partial charge in [-0.05, 0) is 18.9 Å². The lowest BCUT2D eigenvalue weighted by atomic mass is 10.2. The Balaban J connectivity index is 2.47. The van der Waals surface area contributed by atoms with Crippen molar-refractivity contribution in [3.8, 4) is 0 Å². The molecule has 0 bridgehead atoms. The van der Waals surface area contributed by atoms with Crippen molar-refractivity contribution in [3.63, 3.8) is 0 Å². The van der Waals surface area contributed by atoms with Gasteiger partial charge in [-0.3, -0.25) is 0 Å². The fourth-order valence-corrected chi connectivity index (χ4v) is 3.17. The molecule has 1 aromatic carbocycles. The molecular weight excluding hydrogens is 268 g/mol.